The monoisotopic (exact) mass is 341 g/mol. The van der Waals surface area contributed by atoms with Crippen LogP contribution < -0.4 is 4.74 Å². The molecule has 2 rings (SSSR count). The molecule has 0 aromatic heterocycles. The second-order valence-electron chi connectivity index (χ2n) is 6.20. The molecule has 2 unspecified atom stereocenters. The number of hydrogen-bond acceptors (Lipinski definition) is 3. The molecule has 0 aliphatic carbocycles. The number of alkyl halides is 2. The molecule has 1 fully saturated rings. The van der Waals surface area contributed by atoms with Crippen LogP contribution in [0.25, 0.3) is 0 Å². The van der Waals surface area contributed by atoms with E-state index >= 15 is 0 Å². The first kappa shape index (κ1) is 18.2. The van der Waals surface area contributed by atoms with Gasteiger partial charge >= 0.3 is 12.6 Å². The first-order chi connectivity index (χ1) is 11.3. The van der Waals surface area contributed by atoms with Gasteiger partial charge in [0, 0.05) is 19.5 Å². The van der Waals surface area contributed by atoms with E-state index in [1.807, 2.05) is 6.92 Å². The van der Waals surface area contributed by atoms with Crippen molar-refractivity contribution in [2.75, 3.05) is 13.1 Å². The van der Waals surface area contributed by atoms with Crippen LogP contribution in [0.1, 0.15) is 25.3 Å². The molecule has 1 aromatic carbocycles. The maximum absolute atomic E-state index is 12.3. The maximum Gasteiger partial charge on any atom is 0.387 e. The molecule has 132 valence electrons. The van der Waals surface area contributed by atoms with Gasteiger partial charge in [0.15, 0.2) is 0 Å². The summed E-state index contributed by atoms with van der Waals surface area (Å²) in [6, 6.07) is 6.17. The van der Waals surface area contributed by atoms with Crippen LogP contribution in [-0.4, -0.2) is 41.6 Å². The van der Waals surface area contributed by atoms with Crippen LogP contribution in [0, 0.1) is 11.8 Å². The molecule has 0 saturated carbocycles. The Labute approximate surface area is 139 Å². The molecule has 2 atom stereocenters. The number of carbonyl (C=O) groups is 2. The van der Waals surface area contributed by atoms with Crippen molar-refractivity contribution in [2.24, 2.45) is 11.8 Å². The van der Waals surface area contributed by atoms with E-state index in [1.165, 1.54) is 12.1 Å². The zero-order valence-corrected chi connectivity index (χ0v) is 13.5. The van der Waals surface area contributed by atoms with Crippen LogP contribution in [0.2, 0.25) is 0 Å². The molecule has 1 aromatic rings. The van der Waals surface area contributed by atoms with Crippen molar-refractivity contribution in [1.29, 1.82) is 0 Å². The molecule has 7 heteroatoms. The van der Waals surface area contributed by atoms with Crippen molar-refractivity contribution in [3.63, 3.8) is 0 Å². The first-order valence-corrected chi connectivity index (χ1v) is 7.89. The average molecular weight is 341 g/mol. The minimum atomic E-state index is -2.86. The van der Waals surface area contributed by atoms with E-state index in [1.54, 1.807) is 17.0 Å². The number of nitrogens with zero attached hydrogens (tertiary/aromatic N) is 1. The summed E-state index contributed by atoms with van der Waals surface area (Å²) >= 11 is 0. The summed E-state index contributed by atoms with van der Waals surface area (Å²) in [4.78, 5) is 25.1. The summed E-state index contributed by atoms with van der Waals surface area (Å²) in [7, 11) is 0. The summed E-state index contributed by atoms with van der Waals surface area (Å²) in [6.07, 6.45) is 1.31. The van der Waals surface area contributed by atoms with Crippen LogP contribution in [0.3, 0.4) is 0 Å². The maximum atomic E-state index is 12.3. The van der Waals surface area contributed by atoms with Gasteiger partial charge in [-0.3, -0.25) is 9.59 Å². The number of carboxylic acid groups (broad SMARTS) is 1. The molecule has 1 saturated heterocycles. The van der Waals surface area contributed by atoms with E-state index < -0.39 is 18.5 Å². The third kappa shape index (κ3) is 5.18. The molecule has 0 spiro atoms. The van der Waals surface area contributed by atoms with Crippen molar-refractivity contribution < 1.29 is 28.2 Å². The van der Waals surface area contributed by atoms with Crippen LogP contribution >= 0.6 is 0 Å². The van der Waals surface area contributed by atoms with Crippen molar-refractivity contribution in [1.82, 2.24) is 4.90 Å². The molecular weight excluding hydrogens is 320 g/mol. The van der Waals surface area contributed by atoms with Crippen LogP contribution in [0.15, 0.2) is 24.3 Å². The number of likely N-dealkylation sites (tertiary alicyclic amines) is 1. The largest absolute Gasteiger partial charge is 0.481 e. The number of aliphatic carboxylic acids is 1. The normalized spacial score (nSPS) is 20.9. The van der Waals surface area contributed by atoms with Gasteiger partial charge in [-0.05, 0) is 36.5 Å². The number of amides is 1. The van der Waals surface area contributed by atoms with Crippen molar-refractivity contribution in [3.05, 3.63) is 29.8 Å². The Bertz CT molecular complexity index is 576. The number of rotatable bonds is 6. The fourth-order valence-corrected chi connectivity index (χ4v) is 2.98. The predicted molar refractivity (Wildman–Crippen MR) is 82.9 cm³/mol. The highest BCUT2D eigenvalue weighted by molar-refractivity contribution is 5.78. The highest BCUT2D eigenvalue weighted by Crippen LogP contribution is 2.23. The number of ether oxygens (including phenoxy) is 1. The second-order valence-corrected chi connectivity index (χ2v) is 6.20. The van der Waals surface area contributed by atoms with E-state index in [2.05, 4.69) is 4.74 Å². The lowest BCUT2D eigenvalue weighted by atomic mass is 9.90. The van der Waals surface area contributed by atoms with Gasteiger partial charge in [-0.25, -0.2) is 0 Å². The zero-order chi connectivity index (χ0) is 17.7. The Balaban J connectivity index is 1.87. The minimum absolute atomic E-state index is 0.0780. The van der Waals surface area contributed by atoms with E-state index in [9.17, 15) is 18.4 Å². The van der Waals surface area contributed by atoms with E-state index in [0.29, 0.717) is 19.4 Å². The summed E-state index contributed by atoms with van der Waals surface area (Å²) in [6.45, 7) is -0.0960. The zero-order valence-electron chi connectivity index (χ0n) is 13.5. The molecule has 0 radical (unpaired) electrons. The summed E-state index contributed by atoms with van der Waals surface area (Å²) in [5, 5.41) is 9.15. The third-order valence-corrected chi connectivity index (χ3v) is 4.14. The van der Waals surface area contributed by atoms with E-state index in [0.717, 1.165) is 5.56 Å². The van der Waals surface area contributed by atoms with Gasteiger partial charge in [0.05, 0.1) is 5.92 Å². The standard InChI is InChI=1S/C17H21F2NO4/c1-11-8-13(16(22)23)10-20(9-11)15(21)7-4-12-2-5-14(6-3-12)24-17(18)19/h2-3,5-6,11,13,17H,4,7-10H2,1H3,(H,22,23). The Hall–Kier alpha value is -2.18. The lowest BCUT2D eigenvalue weighted by molar-refractivity contribution is -0.146. The third-order valence-electron chi connectivity index (χ3n) is 4.14. The molecule has 5 nitrogen and oxygen atoms in total. The smallest absolute Gasteiger partial charge is 0.387 e. The molecule has 1 heterocycles. The number of piperidine rings is 1. The van der Waals surface area contributed by atoms with E-state index in [4.69, 9.17) is 5.11 Å². The van der Waals surface area contributed by atoms with Crippen molar-refractivity contribution in [2.45, 2.75) is 32.8 Å². The van der Waals surface area contributed by atoms with E-state index in [-0.39, 0.29) is 30.5 Å². The molecule has 1 amide bonds. The number of benzene rings is 1. The van der Waals surface area contributed by atoms with Crippen molar-refractivity contribution >= 4 is 11.9 Å². The summed E-state index contributed by atoms with van der Waals surface area (Å²) < 4.78 is 28.4. The molecule has 24 heavy (non-hydrogen) atoms. The van der Waals surface area contributed by atoms with Gasteiger partial charge in [-0.2, -0.15) is 8.78 Å². The number of aryl methyl sites for hydroxylation is 1. The highest BCUT2D eigenvalue weighted by atomic mass is 19.3. The number of carbonyl (C=O) groups excluding carboxylic acids is 1. The Morgan fingerprint density at radius 3 is 2.54 bits per heavy atom. The van der Waals surface area contributed by atoms with Crippen molar-refractivity contribution in [3.8, 4) is 5.75 Å². The Morgan fingerprint density at radius 1 is 1.29 bits per heavy atom. The lowest BCUT2D eigenvalue weighted by Crippen LogP contribution is -2.45. The van der Waals surface area contributed by atoms with Gasteiger partial charge < -0.3 is 14.7 Å². The van der Waals surface area contributed by atoms with Gasteiger partial charge in [-0.15, -0.1) is 0 Å². The predicted octanol–water partition coefficient (Wildman–Crippen LogP) is 2.79. The first-order valence-electron chi connectivity index (χ1n) is 7.89. The van der Waals surface area contributed by atoms with Gasteiger partial charge in [0.2, 0.25) is 5.91 Å². The fourth-order valence-electron chi connectivity index (χ4n) is 2.98. The number of carboxylic acids is 1. The second kappa shape index (κ2) is 8.08. The topological polar surface area (TPSA) is 66.8 Å². The molecular formula is C17H21F2NO4. The summed E-state index contributed by atoms with van der Waals surface area (Å²) in [5.41, 5.74) is 0.838. The Kier molecular flexibility index (Phi) is 6.11. The van der Waals surface area contributed by atoms with Gasteiger partial charge in [-0.1, -0.05) is 19.1 Å². The molecule has 1 aliphatic heterocycles. The fraction of sp³-hybridized carbons (Fsp3) is 0.529. The SMILES string of the molecule is CC1CC(C(=O)O)CN(C(=O)CCc2ccc(OC(F)F)cc2)C1. The lowest BCUT2D eigenvalue weighted by Gasteiger charge is -2.34. The minimum Gasteiger partial charge on any atom is -0.481 e. The average Bonchev–Trinajstić information content (AvgIpc) is 2.52. The molecule has 1 N–H and O–H groups in total. The Morgan fingerprint density at radius 2 is 1.96 bits per heavy atom. The molecule has 1 aliphatic rings. The highest BCUT2D eigenvalue weighted by Gasteiger charge is 2.31. The van der Waals surface area contributed by atoms with Crippen LogP contribution in [-0.2, 0) is 16.0 Å². The number of hydrogen-bond donors (Lipinski definition) is 1. The van der Waals surface area contributed by atoms with Gasteiger partial charge in [0.25, 0.3) is 0 Å². The van der Waals surface area contributed by atoms with Gasteiger partial charge in [0.1, 0.15) is 5.75 Å². The number of halogens is 2. The van der Waals surface area contributed by atoms with Crippen LogP contribution in [0.5, 0.6) is 5.75 Å². The van der Waals surface area contributed by atoms with Crippen LogP contribution in [0.4, 0.5) is 8.78 Å². The summed E-state index contributed by atoms with van der Waals surface area (Å²) in [5.74, 6) is -1.22. The quantitative estimate of drug-likeness (QED) is 0.864. The molecule has 0 bridgehead atoms.